The van der Waals surface area contributed by atoms with E-state index in [1.54, 1.807) is 41.0 Å². The van der Waals surface area contributed by atoms with Gasteiger partial charge in [0.2, 0.25) is 17.2 Å². The van der Waals surface area contributed by atoms with Crippen LogP contribution in [0.3, 0.4) is 0 Å². The Labute approximate surface area is 170 Å². The maximum atomic E-state index is 13.2. The highest BCUT2D eigenvalue weighted by molar-refractivity contribution is 5.92. The van der Waals surface area contributed by atoms with Gasteiger partial charge in [0.05, 0.1) is 38.9 Å². The van der Waals surface area contributed by atoms with Gasteiger partial charge in [0, 0.05) is 0 Å². The van der Waals surface area contributed by atoms with E-state index in [4.69, 9.17) is 19.9 Å². The van der Waals surface area contributed by atoms with E-state index in [-0.39, 0.29) is 18.0 Å². The monoisotopic (exact) mass is 409 g/mol. The first-order valence-electron chi connectivity index (χ1n) is 8.95. The smallest absolute Gasteiger partial charge is 0.296 e. The van der Waals surface area contributed by atoms with Crippen LogP contribution in [0.1, 0.15) is 16.2 Å². The van der Waals surface area contributed by atoms with Gasteiger partial charge in [-0.25, -0.2) is 0 Å². The lowest BCUT2D eigenvalue weighted by Gasteiger charge is -2.16. The summed E-state index contributed by atoms with van der Waals surface area (Å²) in [7, 11) is 4.57. The van der Waals surface area contributed by atoms with E-state index in [1.807, 2.05) is 0 Å². The van der Waals surface area contributed by atoms with Gasteiger partial charge in [0.15, 0.2) is 11.5 Å². The number of hydrogen-bond acceptors (Lipinski definition) is 7. The Balaban J connectivity index is 1.97. The van der Waals surface area contributed by atoms with Crippen molar-refractivity contribution in [3.63, 3.8) is 0 Å². The number of carbonyl (C=O) groups is 1. The molecule has 0 saturated carbocycles. The molecule has 0 aliphatic carbocycles. The molecule has 10 heteroatoms. The zero-order valence-electron chi connectivity index (χ0n) is 16.6. The summed E-state index contributed by atoms with van der Waals surface area (Å²) in [5.41, 5.74) is 6.92. The third-order valence-corrected chi connectivity index (χ3v) is 4.80. The number of aromatic nitrogens is 4. The van der Waals surface area contributed by atoms with Gasteiger partial charge in [-0.15, -0.1) is 10.2 Å². The zero-order valence-corrected chi connectivity index (χ0v) is 16.6. The highest BCUT2D eigenvalue weighted by Gasteiger charge is 2.20. The Morgan fingerprint density at radius 2 is 1.63 bits per heavy atom. The Kier molecular flexibility index (Phi) is 4.74. The lowest BCUT2D eigenvalue weighted by Crippen LogP contribution is -2.25. The van der Waals surface area contributed by atoms with Gasteiger partial charge in [0.1, 0.15) is 0 Å². The third-order valence-electron chi connectivity index (χ3n) is 4.80. The average molecular weight is 409 g/mol. The molecule has 0 unspecified atom stereocenters. The number of benzene rings is 2. The second-order valence-corrected chi connectivity index (χ2v) is 6.46. The molecule has 0 aliphatic rings. The Morgan fingerprint density at radius 3 is 2.20 bits per heavy atom. The van der Waals surface area contributed by atoms with E-state index >= 15 is 0 Å². The van der Waals surface area contributed by atoms with Crippen molar-refractivity contribution in [2.75, 3.05) is 21.3 Å². The normalized spacial score (nSPS) is 11.0. The average Bonchev–Trinajstić information content (AvgIpc) is 3.21. The zero-order chi connectivity index (χ0) is 21.4. The van der Waals surface area contributed by atoms with E-state index in [2.05, 4.69) is 10.2 Å². The van der Waals surface area contributed by atoms with Gasteiger partial charge in [-0.3, -0.25) is 18.6 Å². The number of methoxy groups -OCH3 is 3. The minimum Gasteiger partial charge on any atom is -0.493 e. The molecule has 0 aliphatic heterocycles. The predicted octanol–water partition coefficient (Wildman–Crippen LogP) is 1.22. The van der Waals surface area contributed by atoms with Gasteiger partial charge in [0.25, 0.3) is 11.5 Å². The number of para-hydroxylation sites is 2. The molecule has 0 bridgehead atoms. The number of primary amides is 1. The summed E-state index contributed by atoms with van der Waals surface area (Å²) in [6, 6.07) is 10.7. The van der Waals surface area contributed by atoms with E-state index in [9.17, 15) is 9.59 Å². The first kappa shape index (κ1) is 19.2. The molecular formula is C20H19N5O5. The molecular weight excluding hydrogens is 390 g/mol. The summed E-state index contributed by atoms with van der Waals surface area (Å²) in [4.78, 5) is 25.0. The van der Waals surface area contributed by atoms with E-state index < -0.39 is 11.5 Å². The minimum atomic E-state index is -0.769. The number of nitrogens with zero attached hydrogens (tertiary/aromatic N) is 4. The Hall–Kier alpha value is -4.08. The Morgan fingerprint density at radius 1 is 1.00 bits per heavy atom. The fourth-order valence-corrected chi connectivity index (χ4v) is 3.49. The number of ether oxygens (including phenoxy) is 3. The van der Waals surface area contributed by atoms with Crippen LogP contribution >= 0.6 is 0 Å². The highest BCUT2D eigenvalue weighted by atomic mass is 16.5. The molecule has 2 N–H and O–H groups in total. The van der Waals surface area contributed by atoms with Gasteiger partial charge < -0.3 is 19.9 Å². The lowest BCUT2D eigenvalue weighted by atomic mass is 10.1. The van der Waals surface area contributed by atoms with E-state index in [0.717, 1.165) is 5.56 Å². The fourth-order valence-electron chi connectivity index (χ4n) is 3.49. The number of amides is 1. The summed E-state index contributed by atoms with van der Waals surface area (Å²) >= 11 is 0. The summed E-state index contributed by atoms with van der Waals surface area (Å²) < 4.78 is 19.1. The molecule has 0 fully saturated rings. The van der Waals surface area contributed by atoms with Crippen molar-refractivity contribution in [3.8, 4) is 17.2 Å². The van der Waals surface area contributed by atoms with Crippen LogP contribution in [0.25, 0.3) is 16.7 Å². The van der Waals surface area contributed by atoms with Crippen LogP contribution in [0.4, 0.5) is 0 Å². The van der Waals surface area contributed by atoms with Crippen LogP contribution in [-0.4, -0.2) is 46.4 Å². The highest BCUT2D eigenvalue weighted by Crippen LogP contribution is 2.38. The van der Waals surface area contributed by atoms with Crippen LogP contribution in [0.2, 0.25) is 0 Å². The topological polar surface area (TPSA) is 123 Å². The van der Waals surface area contributed by atoms with Crippen LogP contribution in [-0.2, 0) is 6.54 Å². The molecule has 4 aromatic rings. The van der Waals surface area contributed by atoms with Crippen LogP contribution in [0, 0.1) is 0 Å². The molecule has 2 aromatic carbocycles. The lowest BCUT2D eigenvalue weighted by molar-refractivity contribution is 0.0989. The molecule has 154 valence electrons. The number of carbonyl (C=O) groups excluding carboxylic acids is 1. The van der Waals surface area contributed by atoms with Crippen molar-refractivity contribution in [1.29, 1.82) is 0 Å². The summed E-state index contributed by atoms with van der Waals surface area (Å²) in [5.74, 6) is 0.542. The quantitative estimate of drug-likeness (QED) is 0.508. The molecule has 0 saturated heterocycles. The van der Waals surface area contributed by atoms with Gasteiger partial charge in [-0.1, -0.05) is 12.1 Å². The maximum Gasteiger partial charge on any atom is 0.296 e. The third kappa shape index (κ3) is 2.89. The second-order valence-electron chi connectivity index (χ2n) is 6.46. The maximum absolute atomic E-state index is 13.2. The SMILES string of the molecule is COc1cc(Cn2c(=O)c3nnc(C(N)=O)n3c3ccccc32)cc(OC)c1OC. The summed E-state index contributed by atoms with van der Waals surface area (Å²) in [6.45, 7) is 0.200. The van der Waals surface area contributed by atoms with Gasteiger partial charge in [-0.2, -0.15) is 0 Å². The van der Waals surface area contributed by atoms with Crippen molar-refractivity contribution in [2.24, 2.45) is 5.73 Å². The molecule has 2 heterocycles. The molecule has 0 spiro atoms. The Bertz CT molecular complexity index is 1320. The van der Waals surface area contributed by atoms with Crippen LogP contribution in [0.5, 0.6) is 17.2 Å². The molecule has 4 rings (SSSR count). The van der Waals surface area contributed by atoms with Gasteiger partial charge >= 0.3 is 0 Å². The van der Waals surface area contributed by atoms with E-state index in [1.165, 1.54) is 25.7 Å². The fraction of sp³-hybridized carbons (Fsp3) is 0.200. The van der Waals surface area contributed by atoms with Crippen molar-refractivity contribution in [1.82, 2.24) is 19.2 Å². The minimum absolute atomic E-state index is 0.00921. The largest absolute Gasteiger partial charge is 0.493 e. The van der Waals surface area contributed by atoms with Crippen molar-refractivity contribution >= 4 is 22.6 Å². The molecule has 1 amide bonds. The van der Waals surface area contributed by atoms with Crippen molar-refractivity contribution in [2.45, 2.75) is 6.54 Å². The molecule has 0 radical (unpaired) electrons. The molecule has 10 nitrogen and oxygen atoms in total. The van der Waals surface area contributed by atoms with Crippen molar-refractivity contribution in [3.05, 3.63) is 58.1 Å². The standard InChI is InChI=1S/C20H19N5O5/c1-28-14-8-11(9-15(29-2)16(14)30-3)10-24-12-6-4-5-7-13(12)25-18(17(21)26)22-23-19(25)20(24)27/h4-9H,10H2,1-3H3,(H2,21,26). The summed E-state index contributed by atoms with van der Waals surface area (Å²) in [6.07, 6.45) is 0. The summed E-state index contributed by atoms with van der Waals surface area (Å²) in [5, 5.41) is 7.70. The number of hydrogen-bond donors (Lipinski definition) is 1. The first-order chi connectivity index (χ1) is 14.5. The van der Waals surface area contributed by atoms with Gasteiger partial charge in [-0.05, 0) is 29.8 Å². The van der Waals surface area contributed by atoms with Crippen LogP contribution in [0.15, 0.2) is 41.2 Å². The molecule has 30 heavy (non-hydrogen) atoms. The second kappa shape index (κ2) is 7.39. The number of fused-ring (bicyclic) bond motifs is 3. The van der Waals surface area contributed by atoms with Crippen LogP contribution < -0.4 is 25.5 Å². The van der Waals surface area contributed by atoms with Crippen molar-refractivity contribution < 1.29 is 19.0 Å². The number of nitrogens with two attached hydrogens (primary N) is 1. The first-order valence-corrected chi connectivity index (χ1v) is 8.95. The number of rotatable bonds is 6. The van der Waals surface area contributed by atoms with E-state index in [0.29, 0.717) is 28.3 Å². The molecule has 2 aromatic heterocycles. The molecule has 0 atom stereocenters. The predicted molar refractivity (Wildman–Crippen MR) is 108 cm³/mol.